The molecule has 7 nitrogen and oxygen atoms in total. The molecular formula is C38H28O7S. The lowest BCUT2D eigenvalue weighted by molar-refractivity contribution is -0.0557. The van der Waals surface area contributed by atoms with Gasteiger partial charge < -0.3 is 19.3 Å². The van der Waals surface area contributed by atoms with E-state index in [1.54, 1.807) is 36.4 Å². The minimum Gasteiger partial charge on any atom is -0.461 e. The van der Waals surface area contributed by atoms with Crippen molar-refractivity contribution in [1.82, 2.24) is 0 Å². The van der Waals surface area contributed by atoms with Gasteiger partial charge in [0, 0.05) is 0 Å². The summed E-state index contributed by atoms with van der Waals surface area (Å²) in [5.41, 5.74) is -0.271. The van der Waals surface area contributed by atoms with Crippen molar-refractivity contribution in [3.63, 3.8) is 0 Å². The number of fused-ring (bicyclic) bond motifs is 3. The van der Waals surface area contributed by atoms with E-state index in [4.69, 9.17) is 14.2 Å². The summed E-state index contributed by atoms with van der Waals surface area (Å²) in [6.07, 6.45) is -2.31. The van der Waals surface area contributed by atoms with Crippen molar-refractivity contribution >= 4 is 62.0 Å². The minimum absolute atomic E-state index is 0.187. The number of benzene rings is 6. The number of esters is 3. The lowest BCUT2D eigenvalue weighted by atomic mass is 10.1. The second-order valence-corrected chi connectivity index (χ2v) is 12.4. The molecule has 0 saturated carbocycles. The molecule has 6 aromatic carbocycles. The monoisotopic (exact) mass is 628 g/mol. The van der Waals surface area contributed by atoms with Crippen molar-refractivity contribution in [1.29, 1.82) is 0 Å². The second-order valence-electron chi connectivity index (χ2n) is 11.1. The Hall–Kier alpha value is -5.18. The Balaban J connectivity index is 1.13. The van der Waals surface area contributed by atoms with Gasteiger partial charge in [-0.2, -0.15) is 0 Å². The first-order valence-electron chi connectivity index (χ1n) is 14.8. The highest BCUT2D eigenvalue weighted by molar-refractivity contribution is 8.00. The van der Waals surface area contributed by atoms with E-state index < -0.39 is 40.8 Å². The number of ether oxygens (including phenoxy) is 3. The maximum absolute atomic E-state index is 13.5. The summed E-state index contributed by atoms with van der Waals surface area (Å²) in [5.74, 6) is -1.88. The van der Waals surface area contributed by atoms with Gasteiger partial charge in [-0.3, -0.25) is 0 Å². The lowest BCUT2D eigenvalue weighted by Crippen LogP contribution is -2.41. The van der Waals surface area contributed by atoms with E-state index in [-0.39, 0.29) is 6.61 Å². The Labute approximate surface area is 268 Å². The summed E-state index contributed by atoms with van der Waals surface area (Å²) in [7, 11) is 0. The molecule has 1 aliphatic rings. The van der Waals surface area contributed by atoms with Crippen molar-refractivity contribution < 1.29 is 33.7 Å². The van der Waals surface area contributed by atoms with Gasteiger partial charge in [-0.1, -0.05) is 91.0 Å². The van der Waals surface area contributed by atoms with E-state index >= 15 is 0 Å². The lowest BCUT2D eigenvalue weighted by Gasteiger charge is -2.24. The molecule has 0 spiro atoms. The van der Waals surface area contributed by atoms with Crippen LogP contribution in [0.5, 0.6) is 0 Å². The van der Waals surface area contributed by atoms with Crippen LogP contribution in [-0.4, -0.2) is 52.5 Å². The molecule has 0 amide bonds. The second kappa shape index (κ2) is 12.7. The molecule has 1 N–H and O–H groups in total. The number of hydrogen-bond donors (Lipinski definition) is 1. The number of carbonyl (C=O) groups excluding carboxylic acids is 3. The molecule has 1 unspecified atom stereocenters. The van der Waals surface area contributed by atoms with Gasteiger partial charge in [0.2, 0.25) is 0 Å². The molecule has 1 saturated heterocycles. The SMILES string of the molecule is O=C(OC[C@H]1SC(O)[C@@H](OC(=O)c2ccc3ccccc3c2)[C@H]1OC(=O)c1ccc2ccccc2c1)c1ccc2ccccc2c1. The van der Waals surface area contributed by atoms with E-state index in [1.165, 1.54) is 0 Å². The largest absolute Gasteiger partial charge is 0.461 e. The number of thioether (sulfide) groups is 1. The molecule has 1 aliphatic heterocycles. The van der Waals surface area contributed by atoms with E-state index in [0.29, 0.717) is 16.7 Å². The van der Waals surface area contributed by atoms with Crippen LogP contribution in [-0.2, 0) is 14.2 Å². The molecule has 46 heavy (non-hydrogen) atoms. The first-order valence-corrected chi connectivity index (χ1v) is 15.8. The zero-order valence-corrected chi connectivity index (χ0v) is 25.3. The molecule has 1 heterocycles. The van der Waals surface area contributed by atoms with Crippen LogP contribution in [0.15, 0.2) is 127 Å². The van der Waals surface area contributed by atoms with E-state index in [9.17, 15) is 19.5 Å². The minimum atomic E-state index is -1.23. The number of hydrogen-bond acceptors (Lipinski definition) is 8. The third kappa shape index (κ3) is 6.05. The maximum Gasteiger partial charge on any atom is 0.338 e. The van der Waals surface area contributed by atoms with Crippen molar-refractivity contribution in [3.05, 3.63) is 144 Å². The molecule has 0 radical (unpaired) electrons. The summed E-state index contributed by atoms with van der Waals surface area (Å²) < 4.78 is 17.4. The fourth-order valence-corrected chi connectivity index (χ4v) is 6.92. The Bertz CT molecular complexity index is 2110. The molecule has 0 bridgehead atoms. The molecule has 8 heteroatoms. The van der Waals surface area contributed by atoms with Crippen LogP contribution < -0.4 is 0 Å². The first-order chi connectivity index (χ1) is 22.4. The fraction of sp³-hybridized carbons (Fsp3) is 0.132. The highest BCUT2D eigenvalue weighted by Crippen LogP contribution is 2.38. The third-order valence-electron chi connectivity index (χ3n) is 8.11. The van der Waals surface area contributed by atoms with Gasteiger partial charge in [-0.15, -0.1) is 11.8 Å². The normalized spacial score (nSPS) is 19.2. The van der Waals surface area contributed by atoms with Gasteiger partial charge >= 0.3 is 17.9 Å². The van der Waals surface area contributed by atoms with Crippen LogP contribution in [0.4, 0.5) is 0 Å². The van der Waals surface area contributed by atoms with Crippen molar-refractivity contribution in [2.75, 3.05) is 6.61 Å². The number of rotatable bonds is 7. The summed E-state index contributed by atoms with van der Waals surface area (Å²) in [6.45, 7) is -0.187. The third-order valence-corrected chi connectivity index (χ3v) is 9.41. The quantitative estimate of drug-likeness (QED) is 0.147. The zero-order valence-electron chi connectivity index (χ0n) is 24.4. The molecule has 0 aliphatic carbocycles. The van der Waals surface area contributed by atoms with Gasteiger partial charge in [0.25, 0.3) is 0 Å². The van der Waals surface area contributed by atoms with E-state index in [1.807, 2.05) is 91.0 Å². The van der Waals surface area contributed by atoms with Gasteiger partial charge in [-0.25, -0.2) is 14.4 Å². The van der Waals surface area contributed by atoms with Crippen LogP contribution >= 0.6 is 11.8 Å². The fourth-order valence-electron chi connectivity index (χ4n) is 5.68. The van der Waals surface area contributed by atoms with E-state index in [0.717, 1.165) is 44.1 Å². The standard InChI is InChI=1S/C38H28O7S/c39-35(29-16-13-23-7-1-4-10-26(23)19-29)43-22-32-33(44-36(40)30-17-14-24-8-2-5-11-27(24)20-30)34(38(42)46-32)45-37(41)31-18-15-25-9-3-6-12-28(25)21-31/h1-21,32-34,38,42H,22H2/t32-,33+,34+,38?/m1/s1. The Kier molecular flexibility index (Phi) is 8.13. The van der Waals surface area contributed by atoms with Crippen LogP contribution in [0, 0.1) is 0 Å². The van der Waals surface area contributed by atoms with Crippen LogP contribution in [0.25, 0.3) is 32.3 Å². The average Bonchev–Trinajstić information content (AvgIpc) is 3.38. The summed E-state index contributed by atoms with van der Waals surface area (Å²) >= 11 is 1.02. The average molecular weight is 629 g/mol. The van der Waals surface area contributed by atoms with Crippen LogP contribution in [0.2, 0.25) is 0 Å². The molecule has 7 rings (SSSR count). The highest BCUT2D eigenvalue weighted by atomic mass is 32.2. The smallest absolute Gasteiger partial charge is 0.338 e. The molecule has 0 aromatic heterocycles. The van der Waals surface area contributed by atoms with Gasteiger partial charge in [0.05, 0.1) is 21.9 Å². The molecule has 4 atom stereocenters. The maximum atomic E-state index is 13.5. The number of aliphatic hydroxyl groups excluding tert-OH is 1. The van der Waals surface area contributed by atoms with Crippen molar-refractivity contribution in [2.45, 2.75) is 22.9 Å². The predicted molar refractivity (Wildman–Crippen MR) is 178 cm³/mol. The Morgan fingerprint density at radius 1 is 0.522 bits per heavy atom. The van der Waals surface area contributed by atoms with Crippen molar-refractivity contribution in [3.8, 4) is 0 Å². The van der Waals surface area contributed by atoms with Crippen molar-refractivity contribution in [2.24, 2.45) is 0 Å². The summed E-state index contributed by atoms with van der Waals surface area (Å²) in [4.78, 5) is 39.9. The van der Waals surface area contributed by atoms with Crippen LogP contribution in [0.1, 0.15) is 31.1 Å². The predicted octanol–water partition coefficient (Wildman–Crippen LogP) is 7.19. The van der Waals surface area contributed by atoms with E-state index in [2.05, 4.69) is 0 Å². The topological polar surface area (TPSA) is 99.1 Å². The summed E-state index contributed by atoms with van der Waals surface area (Å²) in [5, 5.41) is 15.9. The molecule has 6 aromatic rings. The van der Waals surface area contributed by atoms with Gasteiger partial charge in [-0.05, 0) is 68.7 Å². The highest BCUT2D eigenvalue weighted by Gasteiger charge is 2.49. The molecular weight excluding hydrogens is 600 g/mol. The Morgan fingerprint density at radius 3 is 1.37 bits per heavy atom. The first kappa shape index (κ1) is 29.5. The molecule has 228 valence electrons. The summed E-state index contributed by atoms with van der Waals surface area (Å²) in [6, 6.07) is 38.6. The number of aliphatic hydroxyl groups is 1. The van der Waals surface area contributed by atoms with Gasteiger partial charge in [0.1, 0.15) is 12.0 Å². The molecule has 1 fully saturated rings. The number of carbonyl (C=O) groups is 3. The van der Waals surface area contributed by atoms with Gasteiger partial charge in [0.15, 0.2) is 12.2 Å². The van der Waals surface area contributed by atoms with Crippen LogP contribution in [0.3, 0.4) is 0 Å². The zero-order chi connectivity index (χ0) is 31.6. The Morgan fingerprint density at radius 2 is 0.913 bits per heavy atom.